The van der Waals surface area contributed by atoms with Gasteiger partial charge in [-0.05, 0) is 49.6 Å². The summed E-state index contributed by atoms with van der Waals surface area (Å²) in [5, 5.41) is 11.6. The molecule has 4 aromatic rings. The zero-order valence-electron chi connectivity index (χ0n) is 19.0. The van der Waals surface area contributed by atoms with Crippen LogP contribution in [-0.2, 0) is 4.79 Å². The number of benzene rings is 3. The first-order chi connectivity index (χ1) is 17.0. The van der Waals surface area contributed by atoms with Crippen molar-refractivity contribution in [3.8, 4) is 11.4 Å². The molecule has 1 atom stereocenters. The maximum atomic E-state index is 14.6. The number of amides is 1. The molecule has 1 aliphatic rings. The highest BCUT2D eigenvalue weighted by Gasteiger charge is 2.33. The van der Waals surface area contributed by atoms with Crippen LogP contribution in [0.1, 0.15) is 47.0 Å². The van der Waals surface area contributed by atoms with Crippen molar-refractivity contribution in [2.75, 3.05) is 5.32 Å². The van der Waals surface area contributed by atoms with E-state index in [0.717, 1.165) is 18.4 Å². The third-order valence-electron chi connectivity index (χ3n) is 5.79. The van der Waals surface area contributed by atoms with E-state index in [1.54, 1.807) is 42.5 Å². The van der Waals surface area contributed by atoms with Crippen LogP contribution < -0.4 is 5.32 Å². The molecule has 0 unspecified atom stereocenters. The molecule has 0 aliphatic heterocycles. The number of rotatable bonds is 8. The van der Waals surface area contributed by atoms with Crippen LogP contribution in [0.2, 0.25) is 0 Å². The summed E-state index contributed by atoms with van der Waals surface area (Å²) in [6.45, 7) is 1.49. The van der Waals surface area contributed by atoms with Gasteiger partial charge in [0.25, 0.3) is 0 Å². The molecule has 1 N–H and O–H groups in total. The minimum Gasteiger partial charge on any atom is -0.325 e. The largest absolute Gasteiger partial charge is 0.325 e. The van der Waals surface area contributed by atoms with E-state index in [1.165, 1.54) is 24.8 Å². The van der Waals surface area contributed by atoms with Crippen LogP contribution in [0.5, 0.6) is 0 Å². The summed E-state index contributed by atoms with van der Waals surface area (Å²) in [6.07, 6.45) is 1.90. The third-order valence-corrected chi connectivity index (χ3v) is 7.00. The van der Waals surface area contributed by atoms with Gasteiger partial charge in [0.15, 0.2) is 16.8 Å². The zero-order chi connectivity index (χ0) is 24.4. The summed E-state index contributed by atoms with van der Waals surface area (Å²) >= 11 is 1.28. The van der Waals surface area contributed by atoms with Gasteiger partial charge < -0.3 is 5.32 Å². The van der Waals surface area contributed by atoms with Crippen LogP contribution in [0.15, 0.2) is 84.0 Å². The van der Waals surface area contributed by atoms with Gasteiger partial charge in [0.2, 0.25) is 5.91 Å². The number of carbonyl (C=O) groups excluding carboxylic acids is 2. The lowest BCUT2D eigenvalue weighted by Gasteiger charge is -2.18. The summed E-state index contributed by atoms with van der Waals surface area (Å²) in [5.41, 5.74) is 2.26. The first-order valence-electron chi connectivity index (χ1n) is 11.3. The van der Waals surface area contributed by atoms with Crippen molar-refractivity contribution < 1.29 is 14.0 Å². The third kappa shape index (κ3) is 5.02. The number of hydrogen-bond donors (Lipinski definition) is 1. The van der Waals surface area contributed by atoms with Gasteiger partial charge in [-0.25, -0.2) is 4.39 Å². The van der Waals surface area contributed by atoms with Crippen LogP contribution in [-0.4, -0.2) is 26.5 Å². The topological polar surface area (TPSA) is 76.9 Å². The monoisotopic (exact) mass is 486 g/mol. The number of nitrogens with zero attached hydrogens (tertiary/aromatic N) is 3. The lowest BCUT2D eigenvalue weighted by molar-refractivity contribution is -0.115. The molecule has 1 amide bonds. The minimum absolute atomic E-state index is 0.0757. The molecule has 1 aromatic heterocycles. The number of thioether (sulfide) groups is 1. The van der Waals surface area contributed by atoms with E-state index in [2.05, 4.69) is 15.5 Å². The molecule has 5 rings (SSSR count). The predicted octanol–water partition coefficient (Wildman–Crippen LogP) is 6.09. The maximum absolute atomic E-state index is 14.6. The van der Waals surface area contributed by atoms with E-state index in [9.17, 15) is 14.0 Å². The second-order valence-electron chi connectivity index (χ2n) is 8.42. The van der Waals surface area contributed by atoms with E-state index >= 15 is 0 Å². The molecule has 35 heavy (non-hydrogen) atoms. The Kier molecular flexibility index (Phi) is 6.46. The second kappa shape index (κ2) is 9.84. The molecule has 1 aliphatic carbocycles. The first kappa shape index (κ1) is 23.0. The van der Waals surface area contributed by atoms with Crippen LogP contribution in [0.3, 0.4) is 0 Å². The van der Waals surface area contributed by atoms with Crippen LogP contribution in [0.4, 0.5) is 10.1 Å². The fraction of sp³-hybridized carbons (Fsp3) is 0.185. The summed E-state index contributed by atoms with van der Waals surface area (Å²) in [6, 6.07) is 23.0. The predicted molar refractivity (Wildman–Crippen MR) is 134 cm³/mol. The smallest absolute Gasteiger partial charge is 0.242 e. The normalized spacial score (nSPS) is 13.9. The van der Waals surface area contributed by atoms with E-state index in [-0.39, 0.29) is 23.5 Å². The van der Waals surface area contributed by atoms with Gasteiger partial charge in [-0.15, -0.1) is 10.2 Å². The number of carbonyl (C=O) groups is 2. The molecule has 3 aromatic carbocycles. The lowest BCUT2D eigenvalue weighted by atomic mass is 10.1. The van der Waals surface area contributed by atoms with Gasteiger partial charge in [-0.2, -0.15) is 0 Å². The van der Waals surface area contributed by atoms with Crippen molar-refractivity contribution in [2.24, 2.45) is 0 Å². The van der Waals surface area contributed by atoms with Crippen LogP contribution in [0, 0.1) is 5.82 Å². The van der Waals surface area contributed by atoms with Crippen molar-refractivity contribution >= 4 is 29.1 Å². The molecule has 8 heteroatoms. The molecule has 6 nitrogen and oxygen atoms in total. The summed E-state index contributed by atoms with van der Waals surface area (Å²) in [7, 11) is 0. The standard InChI is InChI=1S/C27H23FN4O2S/c1-17(33)19-10-7-11-20(16-19)29-26(34)24(18-8-3-2-4-9-18)35-27-31-30-25(32(27)21-14-15-21)22-12-5-6-13-23(22)28/h2-13,16,21,24H,14-15H2,1H3,(H,29,34)/t24-/m0/s1. The summed E-state index contributed by atoms with van der Waals surface area (Å²) < 4.78 is 16.5. The van der Waals surface area contributed by atoms with Crippen molar-refractivity contribution in [3.05, 3.63) is 95.8 Å². The highest BCUT2D eigenvalue weighted by atomic mass is 32.2. The van der Waals surface area contributed by atoms with Gasteiger partial charge in [0, 0.05) is 17.3 Å². The van der Waals surface area contributed by atoms with Crippen LogP contribution >= 0.6 is 11.8 Å². The van der Waals surface area contributed by atoms with Gasteiger partial charge in [0.05, 0.1) is 5.56 Å². The Morgan fingerprint density at radius 2 is 1.74 bits per heavy atom. The molecule has 1 saturated carbocycles. The molecule has 1 heterocycles. The molecule has 0 bridgehead atoms. The number of hydrogen-bond acceptors (Lipinski definition) is 5. The van der Waals surface area contributed by atoms with Crippen LogP contribution in [0.25, 0.3) is 11.4 Å². The lowest BCUT2D eigenvalue weighted by Crippen LogP contribution is -2.20. The van der Waals surface area contributed by atoms with Gasteiger partial charge in [-0.3, -0.25) is 14.2 Å². The Hall–Kier alpha value is -3.78. The van der Waals surface area contributed by atoms with E-state index < -0.39 is 5.25 Å². The molecular weight excluding hydrogens is 463 g/mol. The number of anilines is 1. The number of aromatic nitrogens is 3. The van der Waals surface area contributed by atoms with Crippen molar-refractivity contribution in [1.82, 2.24) is 14.8 Å². The molecular formula is C27H23FN4O2S. The van der Waals surface area contributed by atoms with E-state index in [4.69, 9.17) is 0 Å². The maximum Gasteiger partial charge on any atom is 0.242 e. The Labute approximate surface area is 206 Å². The molecule has 176 valence electrons. The van der Waals surface area contributed by atoms with E-state index in [0.29, 0.717) is 27.8 Å². The van der Waals surface area contributed by atoms with E-state index in [1.807, 2.05) is 34.9 Å². The quantitative estimate of drug-likeness (QED) is 0.241. The molecule has 0 radical (unpaired) electrons. The van der Waals surface area contributed by atoms with Crippen molar-refractivity contribution in [2.45, 2.75) is 36.2 Å². The first-order valence-corrected chi connectivity index (χ1v) is 12.2. The SMILES string of the molecule is CC(=O)c1cccc(NC(=O)[C@@H](Sc2nnc(-c3ccccc3F)n2C2CC2)c2ccccc2)c1. The Balaban J connectivity index is 1.49. The van der Waals surface area contributed by atoms with Crippen molar-refractivity contribution in [3.63, 3.8) is 0 Å². The Morgan fingerprint density at radius 1 is 1.00 bits per heavy atom. The second-order valence-corrected chi connectivity index (χ2v) is 9.49. The average Bonchev–Trinajstić information content (AvgIpc) is 3.62. The highest BCUT2D eigenvalue weighted by Crippen LogP contribution is 2.44. The minimum atomic E-state index is -0.632. The van der Waals surface area contributed by atoms with Crippen molar-refractivity contribution in [1.29, 1.82) is 0 Å². The van der Waals surface area contributed by atoms with Gasteiger partial charge in [0.1, 0.15) is 11.1 Å². The number of halogens is 1. The van der Waals surface area contributed by atoms with Gasteiger partial charge in [-0.1, -0.05) is 66.4 Å². The fourth-order valence-electron chi connectivity index (χ4n) is 3.88. The zero-order valence-corrected chi connectivity index (χ0v) is 19.8. The molecule has 0 spiro atoms. The average molecular weight is 487 g/mol. The fourth-order valence-corrected chi connectivity index (χ4v) is 4.98. The number of ketones is 1. The number of nitrogens with one attached hydrogen (secondary N) is 1. The summed E-state index contributed by atoms with van der Waals surface area (Å²) in [4.78, 5) is 25.3. The summed E-state index contributed by atoms with van der Waals surface area (Å²) in [5.74, 6) is -0.219. The number of Topliss-reactive ketones (excluding diaryl/α,β-unsaturated/α-hetero) is 1. The van der Waals surface area contributed by atoms with Gasteiger partial charge >= 0.3 is 0 Å². The Morgan fingerprint density at radius 3 is 2.46 bits per heavy atom. The highest BCUT2D eigenvalue weighted by molar-refractivity contribution is 8.00. The molecule has 1 fully saturated rings. The Bertz CT molecular complexity index is 1380. The molecule has 0 saturated heterocycles.